The molecule has 106 valence electrons. The van der Waals surface area contributed by atoms with Gasteiger partial charge in [-0.3, -0.25) is 0 Å². The molecule has 19 heavy (non-hydrogen) atoms. The van der Waals surface area contributed by atoms with Gasteiger partial charge in [-0.05, 0) is 31.8 Å². The molecule has 0 saturated carbocycles. The average Bonchev–Trinajstić information content (AvgIpc) is 2.88. The molecule has 0 atom stereocenters. The van der Waals surface area contributed by atoms with Crippen LogP contribution >= 0.6 is 0 Å². The van der Waals surface area contributed by atoms with Crippen molar-refractivity contribution >= 4 is 11.6 Å². The third-order valence-electron chi connectivity index (χ3n) is 3.78. The second-order valence-electron chi connectivity index (χ2n) is 5.62. The number of likely N-dealkylation sites (N-methyl/N-ethyl adjacent to an activating group) is 1. The van der Waals surface area contributed by atoms with E-state index in [2.05, 4.69) is 40.7 Å². The number of anilines is 2. The van der Waals surface area contributed by atoms with E-state index in [1.165, 1.54) is 25.9 Å². The molecule has 0 aliphatic carbocycles. The molecule has 2 heterocycles. The number of nitrogen functional groups attached to an aromatic ring is 1. The SMILES string of the molecule is CC(C)c1c(N)ncnc1N(C)CCN1CCCC1. The number of rotatable bonds is 5. The highest BCUT2D eigenvalue weighted by Crippen LogP contribution is 2.28. The van der Waals surface area contributed by atoms with Gasteiger partial charge in [0.2, 0.25) is 0 Å². The van der Waals surface area contributed by atoms with E-state index >= 15 is 0 Å². The minimum Gasteiger partial charge on any atom is -0.383 e. The largest absolute Gasteiger partial charge is 0.383 e. The van der Waals surface area contributed by atoms with E-state index in [4.69, 9.17) is 5.73 Å². The van der Waals surface area contributed by atoms with Crippen molar-refractivity contribution in [3.8, 4) is 0 Å². The third-order valence-corrected chi connectivity index (χ3v) is 3.78. The van der Waals surface area contributed by atoms with Crippen LogP contribution in [0.2, 0.25) is 0 Å². The van der Waals surface area contributed by atoms with E-state index in [-0.39, 0.29) is 0 Å². The van der Waals surface area contributed by atoms with E-state index in [1.807, 2.05) is 0 Å². The van der Waals surface area contributed by atoms with Gasteiger partial charge in [-0.2, -0.15) is 0 Å². The Morgan fingerprint density at radius 2 is 2.00 bits per heavy atom. The zero-order valence-electron chi connectivity index (χ0n) is 12.3. The van der Waals surface area contributed by atoms with Crippen LogP contribution in [0.1, 0.15) is 38.2 Å². The second kappa shape index (κ2) is 6.19. The Labute approximate surface area is 115 Å². The molecule has 1 aromatic heterocycles. The molecule has 5 heteroatoms. The summed E-state index contributed by atoms with van der Waals surface area (Å²) >= 11 is 0. The van der Waals surface area contributed by atoms with E-state index in [1.54, 1.807) is 6.33 Å². The van der Waals surface area contributed by atoms with Gasteiger partial charge in [-0.15, -0.1) is 0 Å². The summed E-state index contributed by atoms with van der Waals surface area (Å²) in [6, 6.07) is 0. The lowest BCUT2D eigenvalue weighted by Gasteiger charge is -2.25. The minimum atomic E-state index is 0.338. The van der Waals surface area contributed by atoms with Crippen molar-refractivity contribution in [2.24, 2.45) is 0 Å². The first kappa shape index (κ1) is 14.1. The summed E-state index contributed by atoms with van der Waals surface area (Å²) in [4.78, 5) is 13.2. The normalized spacial score (nSPS) is 16.2. The van der Waals surface area contributed by atoms with E-state index < -0.39 is 0 Å². The Morgan fingerprint density at radius 3 is 2.63 bits per heavy atom. The van der Waals surface area contributed by atoms with Crippen molar-refractivity contribution in [3.05, 3.63) is 11.9 Å². The van der Waals surface area contributed by atoms with Gasteiger partial charge in [0, 0.05) is 25.7 Å². The van der Waals surface area contributed by atoms with E-state index in [0.717, 1.165) is 24.5 Å². The van der Waals surface area contributed by atoms with E-state index in [9.17, 15) is 0 Å². The van der Waals surface area contributed by atoms with Gasteiger partial charge in [0.25, 0.3) is 0 Å². The molecule has 1 saturated heterocycles. The number of hydrogen-bond acceptors (Lipinski definition) is 5. The van der Waals surface area contributed by atoms with Crippen LogP contribution in [0.4, 0.5) is 11.6 Å². The summed E-state index contributed by atoms with van der Waals surface area (Å²) in [5, 5.41) is 0. The number of aromatic nitrogens is 2. The topological polar surface area (TPSA) is 58.3 Å². The highest BCUT2D eigenvalue weighted by molar-refractivity contribution is 5.57. The molecule has 1 aliphatic rings. The fourth-order valence-electron chi connectivity index (χ4n) is 2.66. The molecule has 0 amide bonds. The predicted octanol–water partition coefficient (Wildman–Crippen LogP) is 1.71. The number of hydrogen-bond donors (Lipinski definition) is 1. The lowest BCUT2D eigenvalue weighted by atomic mass is 10.0. The van der Waals surface area contributed by atoms with Crippen LogP contribution in [0, 0.1) is 0 Å². The first-order valence-corrected chi connectivity index (χ1v) is 7.13. The van der Waals surface area contributed by atoms with Crippen LogP contribution in [0.25, 0.3) is 0 Å². The molecule has 2 rings (SSSR count). The molecular weight excluding hydrogens is 238 g/mol. The summed E-state index contributed by atoms with van der Waals surface area (Å²) in [5.74, 6) is 1.92. The molecule has 1 aliphatic heterocycles. The zero-order chi connectivity index (χ0) is 13.8. The molecular formula is C14H25N5. The summed E-state index contributed by atoms with van der Waals surface area (Å²) in [6.45, 7) is 8.81. The first-order valence-electron chi connectivity index (χ1n) is 7.13. The molecule has 5 nitrogen and oxygen atoms in total. The van der Waals surface area contributed by atoms with Crippen LogP contribution in [0.3, 0.4) is 0 Å². The minimum absolute atomic E-state index is 0.338. The summed E-state index contributed by atoms with van der Waals surface area (Å²) in [6.07, 6.45) is 4.23. The lowest BCUT2D eigenvalue weighted by Crippen LogP contribution is -2.32. The standard InChI is InChI=1S/C14H25N5/c1-11(2)12-13(15)16-10-17-14(12)18(3)8-9-19-6-4-5-7-19/h10-11H,4-9H2,1-3H3,(H2,15,16,17). The molecule has 0 radical (unpaired) electrons. The third kappa shape index (κ3) is 3.35. The number of likely N-dealkylation sites (tertiary alicyclic amines) is 1. The highest BCUT2D eigenvalue weighted by atomic mass is 15.2. The maximum absolute atomic E-state index is 5.99. The van der Waals surface area contributed by atoms with Crippen molar-refractivity contribution in [2.75, 3.05) is 43.9 Å². The maximum Gasteiger partial charge on any atom is 0.137 e. The fraction of sp³-hybridized carbons (Fsp3) is 0.714. The van der Waals surface area contributed by atoms with Crippen molar-refractivity contribution in [1.82, 2.24) is 14.9 Å². The van der Waals surface area contributed by atoms with Crippen molar-refractivity contribution < 1.29 is 0 Å². The number of nitrogens with two attached hydrogens (primary N) is 1. The van der Waals surface area contributed by atoms with Crippen molar-refractivity contribution in [3.63, 3.8) is 0 Å². The highest BCUT2D eigenvalue weighted by Gasteiger charge is 2.17. The van der Waals surface area contributed by atoms with E-state index in [0.29, 0.717) is 11.7 Å². The molecule has 0 bridgehead atoms. The van der Waals surface area contributed by atoms with Crippen LogP contribution in [-0.4, -0.2) is 48.1 Å². The Kier molecular flexibility index (Phi) is 4.58. The Balaban J connectivity index is 2.05. The molecule has 1 fully saturated rings. The average molecular weight is 263 g/mol. The fourth-order valence-corrected chi connectivity index (χ4v) is 2.66. The van der Waals surface area contributed by atoms with Crippen molar-refractivity contribution in [2.45, 2.75) is 32.6 Å². The van der Waals surface area contributed by atoms with Gasteiger partial charge in [-0.1, -0.05) is 13.8 Å². The van der Waals surface area contributed by atoms with Crippen LogP contribution in [0.15, 0.2) is 6.33 Å². The van der Waals surface area contributed by atoms with Crippen LogP contribution < -0.4 is 10.6 Å². The van der Waals surface area contributed by atoms with Gasteiger partial charge >= 0.3 is 0 Å². The quantitative estimate of drug-likeness (QED) is 0.876. The zero-order valence-corrected chi connectivity index (χ0v) is 12.3. The van der Waals surface area contributed by atoms with Gasteiger partial charge in [-0.25, -0.2) is 9.97 Å². The maximum atomic E-state index is 5.99. The number of nitrogens with zero attached hydrogens (tertiary/aromatic N) is 4. The first-order chi connectivity index (χ1) is 9.09. The molecule has 0 aromatic carbocycles. The Bertz CT molecular complexity index is 412. The summed E-state index contributed by atoms with van der Waals surface area (Å²) in [5.41, 5.74) is 7.05. The van der Waals surface area contributed by atoms with Gasteiger partial charge in [0.1, 0.15) is 18.0 Å². The van der Waals surface area contributed by atoms with Gasteiger partial charge in [0.05, 0.1) is 0 Å². The smallest absolute Gasteiger partial charge is 0.137 e. The molecule has 2 N–H and O–H groups in total. The predicted molar refractivity (Wildman–Crippen MR) is 79.5 cm³/mol. The molecule has 0 unspecified atom stereocenters. The van der Waals surface area contributed by atoms with Crippen molar-refractivity contribution in [1.29, 1.82) is 0 Å². The lowest BCUT2D eigenvalue weighted by molar-refractivity contribution is 0.346. The Morgan fingerprint density at radius 1 is 1.32 bits per heavy atom. The molecule has 1 aromatic rings. The molecule has 0 spiro atoms. The van der Waals surface area contributed by atoms with Crippen LogP contribution in [0.5, 0.6) is 0 Å². The second-order valence-corrected chi connectivity index (χ2v) is 5.62. The summed E-state index contributed by atoms with van der Waals surface area (Å²) < 4.78 is 0. The summed E-state index contributed by atoms with van der Waals surface area (Å²) in [7, 11) is 2.09. The van der Waals surface area contributed by atoms with Gasteiger partial charge in [0.15, 0.2) is 0 Å². The Hall–Kier alpha value is -1.36. The monoisotopic (exact) mass is 263 g/mol. The van der Waals surface area contributed by atoms with Crippen LogP contribution in [-0.2, 0) is 0 Å². The van der Waals surface area contributed by atoms with Gasteiger partial charge < -0.3 is 15.5 Å².